The van der Waals surface area contributed by atoms with Crippen molar-refractivity contribution in [2.45, 2.75) is 13.2 Å². The number of ether oxygens (including phenoxy) is 1. The predicted octanol–water partition coefficient (Wildman–Crippen LogP) is 5.81. The number of rotatable bonds is 6. The molecule has 0 atom stereocenters. The predicted molar refractivity (Wildman–Crippen MR) is 95.9 cm³/mol. The molecular formula is C20H16ClF2NO. The maximum Gasteiger partial charge on any atom is 0.124 e. The van der Waals surface area contributed by atoms with Crippen LogP contribution in [-0.4, -0.2) is 0 Å². The second-order valence-electron chi connectivity index (χ2n) is 5.53. The summed E-state index contributed by atoms with van der Waals surface area (Å²) in [5, 5.41) is 3.79. The third kappa shape index (κ3) is 4.94. The van der Waals surface area contributed by atoms with Gasteiger partial charge in [-0.25, -0.2) is 8.78 Å². The van der Waals surface area contributed by atoms with Crippen LogP contribution in [0.5, 0.6) is 5.75 Å². The van der Waals surface area contributed by atoms with Crippen LogP contribution in [0.4, 0.5) is 14.5 Å². The monoisotopic (exact) mass is 359 g/mol. The number of anilines is 1. The summed E-state index contributed by atoms with van der Waals surface area (Å²) in [5.41, 5.74) is 2.39. The van der Waals surface area contributed by atoms with Crippen LogP contribution >= 0.6 is 11.6 Å². The first-order valence-electron chi connectivity index (χ1n) is 7.75. The summed E-state index contributed by atoms with van der Waals surface area (Å²) in [5.74, 6) is 0.0751. The topological polar surface area (TPSA) is 21.3 Å². The van der Waals surface area contributed by atoms with E-state index in [0.717, 1.165) is 16.8 Å². The molecule has 128 valence electrons. The molecule has 1 N–H and O–H groups in total. The Bertz CT molecular complexity index is 853. The Hall–Kier alpha value is -2.59. The third-order valence-corrected chi connectivity index (χ3v) is 3.87. The van der Waals surface area contributed by atoms with Crippen molar-refractivity contribution in [3.63, 3.8) is 0 Å². The zero-order valence-corrected chi connectivity index (χ0v) is 14.1. The van der Waals surface area contributed by atoms with Crippen LogP contribution in [0, 0.1) is 11.6 Å². The van der Waals surface area contributed by atoms with E-state index < -0.39 is 0 Å². The fourth-order valence-electron chi connectivity index (χ4n) is 2.38. The Kier molecular flexibility index (Phi) is 5.51. The summed E-state index contributed by atoms with van der Waals surface area (Å²) in [6.07, 6.45) is 0. The lowest BCUT2D eigenvalue weighted by Crippen LogP contribution is -2.04. The quantitative estimate of drug-likeness (QED) is 0.599. The molecule has 0 aliphatic carbocycles. The van der Waals surface area contributed by atoms with Crippen molar-refractivity contribution >= 4 is 17.3 Å². The zero-order valence-electron chi connectivity index (χ0n) is 13.3. The molecule has 0 unspecified atom stereocenters. The van der Waals surface area contributed by atoms with Crippen LogP contribution in [0.15, 0.2) is 66.7 Å². The summed E-state index contributed by atoms with van der Waals surface area (Å²) in [6, 6.07) is 17.7. The lowest BCUT2D eigenvalue weighted by molar-refractivity contribution is 0.302. The Labute approximate surface area is 150 Å². The first-order valence-corrected chi connectivity index (χ1v) is 8.13. The van der Waals surface area contributed by atoms with E-state index >= 15 is 0 Å². The minimum absolute atomic E-state index is 0.253. The third-order valence-electron chi connectivity index (χ3n) is 3.63. The summed E-state index contributed by atoms with van der Waals surface area (Å²) >= 11 is 6.07. The van der Waals surface area contributed by atoms with Crippen molar-refractivity contribution < 1.29 is 13.5 Å². The number of nitrogens with one attached hydrogen (secondary N) is 1. The molecule has 0 bridgehead atoms. The second kappa shape index (κ2) is 7.99. The van der Waals surface area contributed by atoms with Gasteiger partial charge in [-0.3, -0.25) is 0 Å². The van der Waals surface area contributed by atoms with E-state index in [4.69, 9.17) is 16.3 Å². The van der Waals surface area contributed by atoms with Gasteiger partial charge in [-0.1, -0.05) is 23.7 Å². The van der Waals surface area contributed by atoms with Gasteiger partial charge in [-0.15, -0.1) is 0 Å². The number of hydrogen-bond acceptors (Lipinski definition) is 2. The number of benzene rings is 3. The normalized spacial score (nSPS) is 10.5. The molecule has 0 aliphatic rings. The molecule has 3 aromatic carbocycles. The van der Waals surface area contributed by atoms with E-state index in [-0.39, 0.29) is 18.2 Å². The van der Waals surface area contributed by atoms with Gasteiger partial charge in [0, 0.05) is 22.8 Å². The fourth-order valence-corrected chi connectivity index (χ4v) is 2.57. The summed E-state index contributed by atoms with van der Waals surface area (Å²) in [7, 11) is 0. The van der Waals surface area contributed by atoms with E-state index in [1.807, 2.05) is 0 Å². The average Bonchev–Trinajstić information content (AvgIpc) is 2.60. The molecule has 0 spiro atoms. The molecule has 0 aromatic heterocycles. The van der Waals surface area contributed by atoms with Gasteiger partial charge in [-0.2, -0.15) is 0 Å². The van der Waals surface area contributed by atoms with Gasteiger partial charge in [0.2, 0.25) is 0 Å². The van der Waals surface area contributed by atoms with Gasteiger partial charge in [0.25, 0.3) is 0 Å². The minimum atomic E-state index is -0.296. The van der Waals surface area contributed by atoms with Crippen molar-refractivity contribution in [2.75, 3.05) is 5.32 Å². The maximum absolute atomic E-state index is 13.3. The molecule has 0 saturated carbocycles. The second-order valence-corrected chi connectivity index (χ2v) is 5.97. The van der Waals surface area contributed by atoms with Crippen LogP contribution in [0.25, 0.3) is 0 Å². The minimum Gasteiger partial charge on any atom is -0.489 e. The highest BCUT2D eigenvalue weighted by Gasteiger charge is 2.06. The van der Waals surface area contributed by atoms with E-state index in [1.54, 1.807) is 42.5 Å². The molecule has 5 heteroatoms. The molecule has 3 rings (SSSR count). The standard InChI is InChI=1S/C20H16ClF2NO/c21-16-4-9-20(25-13-14-2-1-3-18(23)10-14)15(11-16)12-24-19-7-5-17(22)6-8-19/h1-11,24H,12-13H2. The van der Waals surface area contributed by atoms with Crippen LogP contribution in [0.2, 0.25) is 5.02 Å². The SMILES string of the molecule is Fc1ccc(NCc2cc(Cl)ccc2OCc2cccc(F)c2)cc1. The van der Waals surface area contributed by atoms with Crippen LogP contribution in [0.3, 0.4) is 0 Å². The molecule has 25 heavy (non-hydrogen) atoms. The van der Waals surface area contributed by atoms with Gasteiger partial charge >= 0.3 is 0 Å². The lowest BCUT2D eigenvalue weighted by atomic mass is 10.2. The van der Waals surface area contributed by atoms with E-state index in [9.17, 15) is 8.78 Å². The highest BCUT2D eigenvalue weighted by molar-refractivity contribution is 6.30. The molecule has 2 nitrogen and oxygen atoms in total. The van der Waals surface area contributed by atoms with Gasteiger partial charge in [0.05, 0.1) is 0 Å². The molecule has 0 heterocycles. The van der Waals surface area contributed by atoms with Crippen molar-refractivity contribution in [3.8, 4) is 5.75 Å². The fraction of sp³-hybridized carbons (Fsp3) is 0.100. The average molecular weight is 360 g/mol. The van der Waals surface area contributed by atoms with Crippen LogP contribution < -0.4 is 10.1 Å². The van der Waals surface area contributed by atoms with Crippen molar-refractivity contribution in [2.24, 2.45) is 0 Å². The van der Waals surface area contributed by atoms with Crippen LogP contribution in [-0.2, 0) is 13.2 Å². The molecule has 3 aromatic rings. The Morgan fingerprint density at radius 3 is 2.44 bits per heavy atom. The first-order chi connectivity index (χ1) is 12.1. The molecule has 0 saturated heterocycles. The van der Waals surface area contributed by atoms with E-state index in [2.05, 4.69) is 5.32 Å². The summed E-state index contributed by atoms with van der Waals surface area (Å²) in [6.45, 7) is 0.716. The van der Waals surface area contributed by atoms with E-state index in [0.29, 0.717) is 17.3 Å². The zero-order chi connectivity index (χ0) is 17.6. The maximum atomic E-state index is 13.3. The molecule has 0 aliphatic heterocycles. The van der Waals surface area contributed by atoms with Crippen molar-refractivity contribution in [3.05, 3.63) is 94.5 Å². The van der Waals surface area contributed by atoms with Gasteiger partial charge in [0.15, 0.2) is 0 Å². The lowest BCUT2D eigenvalue weighted by Gasteiger charge is -2.13. The first kappa shape index (κ1) is 17.2. The molecular weight excluding hydrogens is 344 g/mol. The van der Waals surface area contributed by atoms with Crippen LogP contribution in [0.1, 0.15) is 11.1 Å². The van der Waals surface area contributed by atoms with Gasteiger partial charge < -0.3 is 10.1 Å². The smallest absolute Gasteiger partial charge is 0.124 e. The highest BCUT2D eigenvalue weighted by atomic mass is 35.5. The van der Waals surface area contributed by atoms with Crippen molar-refractivity contribution in [1.29, 1.82) is 0 Å². The van der Waals surface area contributed by atoms with E-state index in [1.165, 1.54) is 24.3 Å². The summed E-state index contributed by atoms with van der Waals surface area (Å²) < 4.78 is 32.0. The molecule has 0 amide bonds. The molecule has 0 fully saturated rings. The Morgan fingerprint density at radius 1 is 0.880 bits per heavy atom. The Morgan fingerprint density at radius 2 is 1.68 bits per heavy atom. The largest absolute Gasteiger partial charge is 0.489 e. The van der Waals surface area contributed by atoms with Gasteiger partial charge in [0.1, 0.15) is 24.0 Å². The van der Waals surface area contributed by atoms with Gasteiger partial charge in [-0.05, 0) is 60.2 Å². The molecule has 0 radical (unpaired) electrons. The number of halogens is 3. The highest BCUT2D eigenvalue weighted by Crippen LogP contribution is 2.25. The number of hydrogen-bond donors (Lipinski definition) is 1. The summed E-state index contributed by atoms with van der Waals surface area (Å²) in [4.78, 5) is 0. The Balaban J connectivity index is 1.70. The van der Waals surface area contributed by atoms with Crippen molar-refractivity contribution in [1.82, 2.24) is 0 Å².